The first-order valence-electron chi connectivity index (χ1n) is 6.77. The fraction of sp³-hybridized carbons (Fsp3) is 0.600. The van der Waals surface area contributed by atoms with Crippen LogP contribution in [0.5, 0.6) is 0 Å². The van der Waals surface area contributed by atoms with Crippen LogP contribution in [0, 0.1) is 12.8 Å². The van der Waals surface area contributed by atoms with E-state index in [0.717, 1.165) is 22.2 Å². The lowest BCUT2D eigenvalue weighted by atomic mass is 9.90. The highest BCUT2D eigenvalue weighted by Gasteiger charge is 2.22. The SMILES string of the molecule is Cc1ccc(NC(C)C2CCN(C)CC2)cc1Cl. The van der Waals surface area contributed by atoms with E-state index in [0.29, 0.717) is 6.04 Å². The number of nitrogens with zero attached hydrogens (tertiary/aromatic N) is 1. The number of halogens is 1. The zero-order chi connectivity index (χ0) is 13.1. The number of rotatable bonds is 3. The standard InChI is InChI=1S/C15H23ClN2/c1-11-4-5-14(10-15(11)16)17-12(2)13-6-8-18(3)9-7-13/h4-5,10,12-13,17H,6-9H2,1-3H3. The first-order valence-corrected chi connectivity index (χ1v) is 7.15. The van der Waals surface area contributed by atoms with E-state index in [1.807, 2.05) is 13.0 Å². The Labute approximate surface area is 115 Å². The molecule has 0 bridgehead atoms. The summed E-state index contributed by atoms with van der Waals surface area (Å²) < 4.78 is 0. The quantitative estimate of drug-likeness (QED) is 0.896. The molecule has 1 atom stereocenters. The molecule has 0 amide bonds. The Kier molecular flexibility index (Phi) is 4.52. The van der Waals surface area contributed by atoms with Crippen LogP contribution in [0.3, 0.4) is 0 Å². The third-order valence-electron chi connectivity index (χ3n) is 4.04. The topological polar surface area (TPSA) is 15.3 Å². The molecule has 2 nitrogen and oxygen atoms in total. The van der Waals surface area contributed by atoms with Gasteiger partial charge in [-0.05, 0) is 70.4 Å². The molecule has 1 saturated heterocycles. The summed E-state index contributed by atoms with van der Waals surface area (Å²) in [6.45, 7) is 6.74. The van der Waals surface area contributed by atoms with Crippen LogP contribution in [0.15, 0.2) is 18.2 Å². The van der Waals surface area contributed by atoms with Crippen molar-refractivity contribution in [2.24, 2.45) is 5.92 Å². The van der Waals surface area contributed by atoms with Crippen LogP contribution >= 0.6 is 11.6 Å². The van der Waals surface area contributed by atoms with E-state index in [2.05, 4.69) is 36.3 Å². The monoisotopic (exact) mass is 266 g/mol. The molecule has 1 unspecified atom stereocenters. The van der Waals surface area contributed by atoms with E-state index < -0.39 is 0 Å². The fourth-order valence-electron chi connectivity index (χ4n) is 2.59. The number of piperidine rings is 1. The Morgan fingerprint density at radius 3 is 2.61 bits per heavy atom. The number of likely N-dealkylation sites (tertiary alicyclic amines) is 1. The van der Waals surface area contributed by atoms with Gasteiger partial charge in [0.05, 0.1) is 0 Å². The van der Waals surface area contributed by atoms with Crippen LogP contribution in [0.2, 0.25) is 5.02 Å². The number of nitrogens with one attached hydrogen (secondary N) is 1. The van der Waals surface area contributed by atoms with Crippen LogP contribution in [-0.2, 0) is 0 Å². The molecule has 1 fully saturated rings. The van der Waals surface area contributed by atoms with Gasteiger partial charge in [-0.3, -0.25) is 0 Å². The highest BCUT2D eigenvalue weighted by Crippen LogP contribution is 2.25. The maximum atomic E-state index is 6.16. The van der Waals surface area contributed by atoms with Crippen molar-refractivity contribution in [2.75, 3.05) is 25.5 Å². The van der Waals surface area contributed by atoms with Gasteiger partial charge in [0.1, 0.15) is 0 Å². The predicted octanol–water partition coefficient (Wildman–Crippen LogP) is 3.79. The summed E-state index contributed by atoms with van der Waals surface area (Å²) in [6.07, 6.45) is 2.56. The normalized spacial score (nSPS) is 19.8. The molecule has 3 heteroatoms. The second-order valence-electron chi connectivity index (χ2n) is 5.54. The average molecular weight is 267 g/mol. The minimum absolute atomic E-state index is 0.512. The highest BCUT2D eigenvalue weighted by molar-refractivity contribution is 6.31. The number of benzene rings is 1. The van der Waals surface area contributed by atoms with Crippen molar-refractivity contribution in [1.82, 2.24) is 4.90 Å². The second-order valence-corrected chi connectivity index (χ2v) is 5.94. The maximum absolute atomic E-state index is 6.16. The lowest BCUT2D eigenvalue weighted by molar-refractivity contribution is 0.208. The zero-order valence-corrected chi connectivity index (χ0v) is 12.3. The van der Waals surface area contributed by atoms with Crippen LogP contribution in [0.25, 0.3) is 0 Å². The van der Waals surface area contributed by atoms with Gasteiger partial charge in [-0.2, -0.15) is 0 Å². The van der Waals surface area contributed by atoms with Gasteiger partial charge in [0.15, 0.2) is 0 Å². The molecule has 1 N–H and O–H groups in total. The molecule has 18 heavy (non-hydrogen) atoms. The second kappa shape index (κ2) is 5.94. The van der Waals surface area contributed by atoms with Crippen LogP contribution in [0.4, 0.5) is 5.69 Å². The van der Waals surface area contributed by atoms with Gasteiger partial charge in [0.2, 0.25) is 0 Å². The molecule has 0 aliphatic carbocycles. The molecule has 1 aliphatic rings. The minimum Gasteiger partial charge on any atom is -0.382 e. The molecular formula is C15H23ClN2. The van der Waals surface area contributed by atoms with Crippen LogP contribution < -0.4 is 5.32 Å². The predicted molar refractivity (Wildman–Crippen MR) is 79.5 cm³/mol. The van der Waals surface area contributed by atoms with E-state index in [9.17, 15) is 0 Å². The minimum atomic E-state index is 0.512. The van der Waals surface area contributed by atoms with Crippen LogP contribution in [0.1, 0.15) is 25.3 Å². The van der Waals surface area contributed by atoms with Gasteiger partial charge in [-0.25, -0.2) is 0 Å². The Morgan fingerprint density at radius 1 is 1.33 bits per heavy atom. The summed E-state index contributed by atoms with van der Waals surface area (Å²) in [5.41, 5.74) is 2.27. The van der Waals surface area contributed by atoms with E-state index in [1.54, 1.807) is 0 Å². The number of aryl methyl sites for hydroxylation is 1. The third-order valence-corrected chi connectivity index (χ3v) is 4.44. The Bertz CT molecular complexity index is 397. The van der Waals surface area contributed by atoms with E-state index in [4.69, 9.17) is 11.6 Å². The van der Waals surface area contributed by atoms with Crippen LogP contribution in [-0.4, -0.2) is 31.1 Å². The smallest absolute Gasteiger partial charge is 0.0455 e. The van der Waals surface area contributed by atoms with Crippen molar-refractivity contribution in [2.45, 2.75) is 32.7 Å². The number of anilines is 1. The van der Waals surface area contributed by atoms with E-state index in [1.165, 1.54) is 25.9 Å². The molecule has 1 aliphatic heterocycles. The number of hydrogen-bond donors (Lipinski definition) is 1. The van der Waals surface area contributed by atoms with Crippen molar-refractivity contribution in [3.05, 3.63) is 28.8 Å². The summed E-state index contributed by atoms with van der Waals surface area (Å²) >= 11 is 6.16. The van der Waals surface area contributed by atoms with Crippen molar-refractivity contribution < 1.29 is 0 Å². The molecule has 100 valence electrons. The van der Waals surface area contributed by atoms with Gasteiger partial charge in [-0.1, -0.05) is 17.7 Å². The average Bonchev–Trinajstić information content (AvgIpc) is 2.34. The summed E-state index contributed by atoms with van der Waals surface area (Å²) in [5, 5.41) is 4.43. The largest absolute Gasteiger partial charge is 0.382 e. The highest BCUT2D eigenvalue weighted by atomic mass is 35.5. The van der Waals surface area contributed by atoms with Gasteiger partial charge in [-0.15, -0.1) is 0 Å². The molecule has 0 aromatic heterocycles. The third kappa shape index (κ3) is 3.39. The summed E-state index contributed by atoms with van der Waals surface area (Å²) in [5.74, 6) is 0.765. The van der Waals surface area contributed by atoms with Crippen molar-refractivity contribution >= 4 is 17.3 Å². The Morgan fingerprint density at radius 2 is 2.00 bits per heavy atom. The molecule has 1 aromatic carbocycles. The fourth-order valence-corrected chi connectivity index (χ4v) is 2.77. The number of hydrogen-bond acceptors (Lipinski definition) is 2. The van der Waals surface area contributed by atoms with Gasteiger partial charge < -0.3 is 10.2 Å². The maximum Gasteiger partial charge on any atom is 0.0455 e. The molecule has 1 heterocycles. The Balaban J connectivity index is 1.94. The molecular weight excluding hydrogens is 244 g/mol. The molecule has 0 radical (unpaired) electrons. The van der Waals surface area contributed by atoms with E-state index >= 15 is 0 Å². The van der Waals surface area contributed by atoms with Gasteiger partial charge in [0, 0.05) is 16.8 Å². The molecule has 2 rings (SSSR count). The molecule has 0 spiro atoms. The van der Waals surface area contributed by atoms with Gasteiger partial charge in [0.25, 0.3) is 0 Å². The molecule has 1 aromatic rings. The summed E-state index contributed by atoms with van der Waals surface area (Å²) in [4.78, 5) is 2.41. The lowest BCUT2D eigenvalue weighted by Gasteiger charge is -2.33. The zero-order valence-electron chi connectivity index (χ0n) is 11.5. The first kappa shape index (κ1) is 13.7. The summed E-state index contributed by atoms with van der Waals surface area (Å²) in [7, 11) is 2.20. The summed E-state index contributed by atoms with van der Waals surface area (Å²) in [6, 6.07) is 6.73. The van der Waals surface area contributed by atoms with Crippen molar-refractivity contribution in [1.29, 1.82) is 0 Å². The van der Waals surface area contributed by atoms with Crippen molar-refractivity contribution in [3.63, 3.8) is 0 Å². The molecule has 0 saturated carbocycles. The van der Waals surface area contributed by atoms with E-state index in [-0.39, 0.29) is 0 Å². The van der Waals surface area contributed by atoms with Crippen molar-refractivity contribution in [3.8, 4) is 0 Å². The first-order chi connectivity index (χ1) is 8.56. The lowest BCUT2D eigenvalue weighted by Crippen LogP contribution is -2.37. The van der Waals surface area contributed by atoms with Gasteiger partial charge >= 0.3 is 0 Å². The Hall–Kier alpha value is -0.730.